The predicted octanol–water partition coefficient (Wildman–Crippen LogP) is 1.22. The minimum Gasteiger partial charge on any atom is -0.348 e. The van der Waals surface area contributed by atoms with Crippen LogP contribution in [0, 0.1) is 5.92 Å². The van der Waals surface area contributed by atoms with Gasteiger partial charge in [-0.3, -0.25) is 4.79 Å². The smallest absolute Gasteiger partial charge is 0.293 e. The van der Waals surface area contributed by atoms with Gasteiger partial charge in [-0.05, 0) is 12.3 Å². The number of nitrogens with zero attached hydrogens (tertiary/aromatic N) is 3. The standard InChI is InChI=1S/C14H24N4O/c1-4-5-14(15)9-18(10-14)12-13(19)17(7-6-16-12)8-11(2)3/h6-7,11H,4-5,8-10,15H2,1-3H3. The first-order valence-electron chi connectivity index (χ1n) is 7.04. The minimum atomic E-state index is -0.137. The third-order valence-electron chi connectivity index (χ3n) is 3.52. The molecule has 0 unspecified atom stereocenters. The van der Waals surface area contributed by atoms with Crippen LogP contribution in [0.3, 0.4) is 0 Å². The van der Waals surface area contributed by atoms with Gasteiger partial charge in [0.15, 0.2) is 5.82 Å². The van der Waals surface area contributed by atoms with Crippen molar-refractivity contribution in [3.63, 3.8) is 0 Å². The van der Waals surface area contributed by atoms with E-state index in [1.54, 1.807) is 17.0 Å². The van der Waals surface area contributed by atoms with Gasteiger partial charge in [0.1, 0.15) is 0 Å². The molecule has 1 aliphatic heterocycles. The molecule has 1 fully saturated rings. The topological polar surface area (TPSA) is 64.2 Å². The van der Waals surface area contributed by atoms with Gasteiger partial charge in [-0.25, -0.2) is 4.98 Å². The van der Waals surface area contributed by atoms with Crippen molar-refractivity contribution in [2.45, 2.75) is 45.7 Å². The van der Waals surface area contributed by atoms with Gasteiger partial charge >= 0.3 is 0 Å². The van der Waals surface area contributed by atoms with Crippen LogP contribution < -0.4 is 16.2 Å². The van der Waals surface area contributed by atoms with Gasteiger partial charge in [0, 0.05) is 32.0 Å². The fraction of sp³-hybridized carbons (Fsp3) is 0.714. The molecule has 0 bridgehead atoms. The average Bonchev–Trinajstić information content (AvgIpc) is 2.29. The number of rotatable bonds is 5. The van der Waals surface area contributed by atoms with Crippen LogP contribution in [-0.4, -0.2) is 28.2 Å². The Morgan fingerprint density at radius 2 is 2.16 bits per heavy atom. The van der Waals surface area contributed by atoms with Gasteiger partial charge in [0.25, 0.3) is 5.56 Å². The maximum Gasteiger partial charge on any atom is 0.293 e. The molecule has 106 valence electrons. The summed E-state index contributed by atoms with van der Waals surface area (Å²) in [5.74, 6) is 0.985. The molecule has 0 radical (unpaired) electrons. The summed E-state index contributed by atoms with van der Waals surface area (Å²) in [5.41, 5.74) is 6.09. The highest BCUT2D eigenvalue weighted by molar-refractivity contribution is 5.42. The second-order valence-corrected chi connectivity index (χ2v) is 6.07. The fourth-order valence-corrected chi connectivity index (χ4v) is 2.71. The molecule has 0 amide bonds. The quantitative estimate of drug-likeness (QED) is 0.868. The maximum absolute atomic E-state index is 12.3. The van der Waals surface area contributed by atoms with Crippen molar-refractivity contribution in [1.82, 2.24) is 9.55 Å². The van der Waals surface area contributed by atoms with Gasteiger partial charge in [-0.1, -0.05) is 27.2 Å². The van der Waals surface area contributed by atoms with Gasteiger partial charge in [0.2, 0.25) is 0 Å². The lowest BCUT2D eigenvalue weighted by Gasteiger charge is -2.48. The van der Waals surface area contributed by atoms with Crippen molar-refractivity contribution in [2.75, 3.05) is 18.0 Å². The largest absolute Gasteiger partial charge is 0.348 e. The van der Waals surface area contributed by atoms with E-state index in [4.69, 9.17) is 5.73 Å². The Kier molecular flexibility index (Phi) is 3.94. The monoisotopic (exact) mass is 264 g/mol. The van der Waals surface area contributed by atoms with E-state index in [0.29, 0.717) is 11.7 Å². The number of hydrogen-bond acceptors (Lipinski definition) is 4. The number of hydrogen-bond donors (Lipinski definition) is 1. The van der Waals surface area contributed by atoms with E-state index in [-0.39, 0.29) is 11.1 Å². The lowest BCUT2D eigenvalue weighted by molar-refractivity contribution is 0.304. The highest BCUT2D eigenvalue weighted by atomic mass is 16.1. The summed E-state index contributed by atoms with van der Waals surface area (Å²) in [5, 5.41) is 0. The normalized spacial score (nSPS) is 17.6. The zero-order valence-electron chi connectivity index (χ0n) is 12.1. The molecule has 5 nitrogen and oxygen atoms in total. The van der Waals surface area contributed by atoms with E-state index in [2.05, 4.69) is 25.8 Å². The Bertz CT molecular complexity index is 488. The average molecular weight is 264 g/mol. The third-order valence-corrected chi connectivity index (χ3v) is 3.52. The highest BCUT2D eigenvalue weighted by Gasteiger charge is 2.40. The number of nitrogens with two attached hydrogens (primary N) is 1. The van der Waals surface area contributed by atoms with Crippen molar-refractivity contribution < 1.29 is 0 Å². The molecular formula is C14H24N4O. The Balaban J connectivity index is 2.13. The highest BCUT2D eigenvalue weighted by Crippen LogP contribution is 2.25. The Hall–Kier alpha value is -1.36. The summed E-state index contributed by atoms with van der Waals surface area (Å²) >= 11 is 0. The van der Waals surface area contributed by atoms with E-state index in [1.165, 1.54) is 0 Å². The van der Waals surface area contributed by atoms with Crippen LogP contribution in [0.15, 0.2) is 17.2 Å². The van der Waals surface area contributed by atoms with E-state index in [9.17, 15) is 4.79 Å². The fourth-order valence-electron chi connectivity index (χ4n) is 2.71. The molecule has 2 rings (SSSR count). The molecule has 0 aliphatic carbocycles. The summed E-state index contributed by atoms with van der Waals surface area (Å²) in [6, 6.07) is 0. The second kappa shape index (κ2) is 5.33. The molecule has 2 heterocycles. The summed E-state index contributed by atoms with van der Waals surface area (Å²) < 4.78 is 1.74. The molecule has 5 heteroatoms. The summed E-state index contributed by atoms with van der Waals surface area (Å²) in [6.45, 7) is 8.52. The molecule has 1 aliphatic rings. The number of anilines is 1. The van der Waals surface area contributed by atoms with Crippen LogP contribution in [0.5, 0.6) is 0 Å². The number of aromatic nitrogens is 2. The molecule has 19 heavy (non-hydrogen) atoms. The van der Waals surface area contributed by atoms with Crippen LogP contribution in [0.1, 0.15) is 33.6 Å². The van der Waals surface area contributed by atoms with Gasteiger partial charge < -0.3 is 15.2 Å². The summed E-state index contributed by atoms with van der Waals surface area (Å²) in [7, 11) is 0. The Morgan fingerprint density at radius 3 is 2.74 bits per heavy atom. The van der Waals surface area contributed by atoms with Crippen molar-refractivity contribution in [2.24, 2.45) is 11.7 Å². The van der Waals surface area contributed by atoms with Crippen molar-refractivity contribution in [1.29, 1.82) is 0 Å². The molecule has 0 saturated carbocycles. The molecule has 1 saturated heterocycles. The summed E-state index contributed by atoms with van der Waals surface area (Å²) in [6.07, 6.45) is 5.53. The zero-order chi connectivity index (χ0) is 14.0. The second-order valence-electron chi connectivity index (χ2n) is 6.07. The lowest BCUT2D eigenvalue weighted by Crippen LogP contribution is -2.68. The molecule has 1 aromatic heterocycles. The maximum atomic E-state index is 12.3. The zero-order valence-corrected chi connectivity index (χ0v) is 12.1. The molecular weight excluding hydrogens is 240 g/mol. The third kappa shape index (κ3) is 2.97. The van der Waals surface area contributed by atoms with Gasteiger partial charge in [-0.2, -0.15) is 0 Å². The van der Waals surface area contributed by atoms with E-state index in [1.807, 2.05) is 4.90 Å². The molecule has 1 aromatic rings. The van der Waals surface area contributed by atoms with E-state index >= 15 is 0 Å². The first kappa shape index (κ1) is 14.1. The molecule has 0 atom stereocenters. The van der Waals surface area contributed by atoms with E-state index in [0.717, 1.165) is 32.5 Å². The van der Waals surface area contributed by atoms with E-state index < -0.39 is 0 Å². The molecule has 2 N–H and O–H groups in total. The Morgan fingerprint density at radius 1 is 1.47 bits per heavy atom. The Labute approximate surface area is 114 Å². The lowest BCUT2D eigenvalue weighted by atomic mass is 9.86. The van der Waals surface area contributed by atoms with Gasteiger partial charge in [-0.15, -0.1) is 0 Å². The molecule has 0 spiro atoms. The first-order chi connectivity index (χ1) is 8.95. The van der Waals surface area contributed by atoms with Crippen molar-refractivity contribution >= 4 is 5.82 Å². The van der Waals surface area contributed by atoms with Crippen molar-refractivity contribution in [3.05, 3.63) is 22.7 Å². The van der Waals surface area contributed by atoms with Crippen LogP contribution in [0.25, 0.3) is 0 Å². The van der Waals surface area contributed by atoms with Crippen molar-refractivity contribution in [3.8, 4) is 0 Å². The minimum absolute atomic E-state index is 0.00486. The van der Waals surface area contributed by atoms with Crippen LogP contribution in [0.2, 0.25) is 0 Å². The van der Waals surface area contributed by atoms with Crippen LogP contribution in [-0.2, 0) is 6.54 Å². The van der Waals surface area contributed by atoms with Crippen LogP contribution >= 0.6 is 0 Å². The first-order valence-corrected chi connectivity index (χ1v) is 7.04. The predicted molar refractivity (Wildman–Crippen MR) is 77.4 cm³/mol. The molecule has 0 aromatic carbocycles. The van der Waals surface area contributed by atoms with Gasteiger partial charge in [0.05, 0.1) is 5.54 Å². The SMILES string of the molecule is CCCC1(N)CN(c2nccn(CC(C)C)c2=O)C1. The van der Waals surface area contributed by atoms with Crippen LogP contribution in [0.4, 0.5) is 5.82 Å². The summed E-state index contributed by atoms with van der Waals surface area (Å²) in [4.78, 5) is 18.6.